The summed E-state index contributed by atoms with van der Waals surface area (Å²) in [5, 5.41) is 3.77. The minimum Gasteiger partial charge on any atom is -0.482 e. The highest BCUT2D eigenvalue weighted by atomic mass is 35.5. The Balaban J connectivity index is 1.67. The van der Waals surface area contributed by atoms with Gasteiger partial charge in [0.15, 0.2) is 13.2 Å². The molecule has 0 aromatic heterocycles. The number of benzene rings is 1. The Labute approximate surface area is 169 Å². The lowest BCUT2D eigenvalue weighted by Crippen LogP contribution is -3.15. The fraction of sp³-hybridized carbons (Fsp3) is 0.556. The van der Waals surface area contributed by atoms with E-state index in [1.807, 2.05) is 0 Å². The predicted molar refractivity (Wildman–Crippen MR) is 104 cm³/mol. The minimum atomic E-state index is -0.0934. The van der Waals surface area contributed by atoms with Gasteiger partial charge < -0.3 is 24.6 Å². The van der Waals surface area contributed by atoms with Crippen LogP contribution in [0.3, 0.4) is 0 Å². The van der Waals surface area contributed by atoms with Crippen LogP contribution in [0.5, 0.6) is 5.75 Å². The lowest BCUT2D eigenvalue weighted by molar-refractivity contribution is -0.896. The molecule has 0 radical (unpaired) electrons. The SMILES string of the molecule is COCCCNC(=O)C[NH+]1CCN(C(=O)COc2ccc(Cl)cc2Cl)CC1. The number of nitrogens with one attached hydrogen (secondary N) is 2. The van der Waals surface area contributed by atoms with Crippen molar-refractivity contribution >= 4 is 35.0 Å². The van der Waals surface area contributed by atoms with Crippen LogP contribution < -0.4 is 15.0 Å². The Hall–Kier alpha value is -1.54. The van der Waals surface area contributed by atoms with Gasteiger partial charge in [-0.05, 0) is 24.6 Å². The maximum Gasteiger partial charge on any atom is 0.275 e. The molecule has 0 atom stereocenters. The molecule has 0 saturated carbocycles. The lowest BCUT2D eigenvalue weighted by Gasteiger charge is -2.31. The summed E-state index contributed by atoms with van der Waals surface area (Å²) < 4.78 is 10.4. The van der Waals surface area contributed by atoms with Gasteiger partial charge in [0.25, 0.3) is 11.8 Å². The van der Waals surface area contributed by atoms with Crippen molar-refractivity contribution < 1.29 is 24.0 Å². The van der Waals surface area contributed by atoms with Gasteiger partial charge in [0.1, 0.15) is 5.75 Å². The molecule has 1 fully saturated rings. The number of halogens is 2. The number of piperazine rings is 1. The van der Waals surface area contributed by atoms with E-state index in [0.717, 1.165) is 19.5 Å². The van der Waals surface area contributed by atoms with E-state index in [2.05, 4.69) is 5.32 Å². The summed E-state index contributed by atoms with van der Waals surface area (Å²) in [6.07, 6.45) is 0.803. The van der Waals surface area contributed by atoms with E-state index >= 15 is 0 Å². The summed E-state index contributed by atoms with van der Waals surface area (Å²) in [5.41, 5.74) is 0. The first-order chi connectivity index (χ1) is 13.0. The third-order valence-corrected chi connectivity index (χ3v) is 4.86. The van der Waals surface area contributed by atoms with E-state index < -0.39 is 0 Å². The Morgan fingerprint density at radius 3 is 2.67 bits per heavy atom. The molecule has 1 aromatic carbocycles. The molecule has 1 aliphatic rings. The molecule has 1 aromatic rings. The average Bonchev–Trinajstić information content (AvgIpc) is 2.65. The summed E-state index contributed by atoms with van der Waals surface area (Å²) in [6, 6.07) is 4.88. The number of hydrogen-bond acceptors (Lipinski definition) is 4. The third-order valence-electron chi connectivity index (χ3n) is 4.33. The Bertz CT molecular complexity index is 637. The largest absolute Gasteiger partial charge is 0.482 e. The smallest absolute Gasteiger partial charge is 0.275 e. The normalized spacial score (nSPS) is 14.9. The molecule has 7 nitrogen and oxygen atoms in total. The summed E-state index contributed by atoms with van der Waals surface area (Å²) in [5.74, 6) is 0.370. The van der Waals surface area contributed by atoms with Crippen LogP contribution in [0.1, 0.15) is 6.42 Å². The van der Waals surface area contributed by atoms with E-state index in [4.69, 9.17) is 32.7 Å². The zero-order valence-electron chi connectivity index (χ0n) is 15.4. The van der Waals surface area contributed by atoms with Crippen molar-refractivity contribution in [2.45, 2.75) is 6.42 Å². The van der Waals surface area contributed by atoms with Crippen LogP contribution in [0, 0.1) is 0 Å². The highest BCUT2D eigenvalue weighted by Crippen LogP contribution is 2.27. The quantitative estimate of drug-likeness (QED) is 0.563. The second-order valence-corrected chi connectivity index (χ2v) is 7.21. The monoisotopic (exact) mass is 418 g/mol. The number of rotatable bonds is 9. The van der Waals surface area contributed by atoms with Crippen LogP contribution in [-0.4, -0.2) is 76.3 Å². The number of methoxy groups -OCH3 is 1. The number of quaternary nitrogens is 1. The molecule has 1 aliphatic heterocycles. The van der Waals surface area contributed by atoms with Crippen molar-refractivity contribution in [3.8, 4) is 5.75 Å². The number of hydrogen-bond donors (Lipinski definition) is 2. The molecule has 150 valence electrons. The van der Waals surface area contributed by atoms with Crippen molar-refractivity contribution in [1.29, 1.82) is 0 Å². The fourth-order valence-electron chi connectivity index (χ4n) is 2.81. The van der Waals surface area contributed by atoms with E-state index in [0.29, 0.717) is 48.6 Å². The summed E-state index contributed by atoms with van der Waals surface area (Å²) in [4.78, 5) is 27.1. The van der Waals surface area contributed by atoms with Crippen molar-refractivity contribution in [2.75, 3.05) is 59.6 Å². The molecule has 2 N–H and O–H groups in total. The van der Waals surface area contributed by atoms with Gasteiger partial charge in [0.05, 0.1) is 31.2 Å². The molecule has 2 rings (SSSR count). The molecular weight excluding hydrogens is 393 g/mol. The number of nitrogens with zero attached hydrogens (tertiary/aromatic N) is 1. The molecule has 1 heterocycles. The molecule has 27 heavy (non-hydrogen) atoms. The minimum absolute atomic E-state index is 0.0293. The highest BCUT2D eigenvalue weighted by molar-refractivity contribution is 6.35. The second kappa shape index (κ2) is 11.3. The number of carbonyl (C=O) groups is 2. The van der Waals surface area contributed by atoms with E-state index in [9.17, 15) is 9.59 Å². The van der Waals surface area contributed by atoms with Gasteiger partial charge in [-0.15, -0.1) is 0 Å². The van der Waals surface area contributed by atoms with Crippen molar-refractivity contribution in [3.05, 3.63) is 28.2 Å². The second-order valence-electron chi connectivity index (χ2n) is 6.37. The van der Waals surface area contributed by atoms with Gasteiger partial charge in [-0.1, -0.05) is 23.2 Å². The van der Waals surface area contributed by atoms with Crippen LogP contribution in [0.25, 0.3) is 0 Å². The zero-order valence-corrected chi connectivity index (χ0v) is 16.9. The number of amides is 2. The van der Waals surface area contributed by atoms with Gasteiger partial charge in [-0.25, -0.2) is 0 Å². The Kier molecular flexibility index (Phi) is 9.14. The summed E-state index contributed by atoms with van der Waals surface area (Å²) in [7, 11) is 1.64. The topological polar surface area (TPSA) is 72.3 Å². The standard InChI is InChI=1S/C18H25Cl2N3O4/c1-26-10-2-5-21-17(24)12-22-6-8-23(9-7-22)18(25)13-27-16-4-3-14(19)11-15(16)20/h3-4,11H,2,5-10,12-13H2,1H3,(H,21,24)/p+1. The van der Waals surface area contributed by atoms with Crippen molar-refractivity contribution in [2.24, 2.45) is 0 Å². The van der Waals surface area contributed by atoms with Crippen LogP contribution in [0.15, 0.2) is 18.2 Å². The first-order valence-corrected chi connectivity index (χ1v) is 9.70. The summed E-state index contributed by atoms with van der Waals surface area (Å²) >= 11 is 11.9. The van der Waals surface area contributed by atoms with Gasteiger partial charge in [0, 0.05) is 25.3 Å². The van der Waals surface area contributed by atoms with Gasteiger partial charge in [-0.2, -0.15) is 0 Å². The first kappa shape index (κ1) is 21.8. The van der Waals surface area contributed by atoms with Crippen molar-refractivity contribution in [3.63, 3.8) is 0 Å². The van der Waals surface area contributed by atoms with Gasteiger partial charge in [0.2, 0.25) is 0 Å². The average molecular weight is 419 g/mol. The highest BCUT2D eigenvalue weighted by Gasteiger charge is 2.25. The lowest BCUT2D eigenvalue weighted by atomic mass is 10.3. The predicted octanol–water partition coefficient (Wildman–Crippen LogP) is 0.252. The van der Waals surface area contributed by atoms with E-state index in [1.165, 1.54) is 4.90 Å². The molecule has 0 bridgehead atoms. The van der Waals surface area contributed by atoms with Gasteiger partial charge in [-0.3, -0.25) is 9.59 Å². The number of ether oxygens (including phenoxy) is 2. The summed E-state index contributed by atoms with van der Waals surface area (Å²) in [6.45, 7) is 4.28. The Morgan fingerprint density at radius 2 is 2.00 bits per heavy atom. The van der Waals surface area contributed by atoms with Crippen molar-refractivity contribution in [1.82, 2.24) is 10.2 Å². The molecule has 0 aliphatic carbocycles. The first-order valence-electron chi connectivity index (χ1n) is 8.94. The zero-order chi connectivity index (χ0) is 19.6. The molecule has 1 saturated heterocycles. The third kappa shape index (κ3) is 7.54. The molecule has 2 amide bonds. The van der Waals surface area contributed by atoms with E-state index in [1.54, 1.807) is 30.2 Å². The fourth-order valence-corrected chi connectivity index (χ4v) is 3.27. The maximum atomic E-state index is 12.3. The van der Waals surface area contributed by atoms with E-state index in [-0.39, 0.29) is 18.4 Å². The Morgan fingerprint density at radius 1 is 1.26 bits per heavy atom. The molecule has 9 heteroatoms. The molecule has 0 spiro atoms. The van der Waals surface area contributed by atoms with Crippen LogP contribution in [0.2, 0.25) is 10.0 Å². The van der Waals surface area contributed by atoms with Crippen LogP contribution >= 0.6 is 23.2 Å². The van der Waals surface area contributed by atoms with Crippen LogP contribution in [0.4, 0.5) is 0 Å². The number of carbonyl (C=O) groups excluding carboxylic acids is 2. The van der Waals surface area contributed by atoms with Crippen LogP contribution in [-0.2, 0) is 14.3 Å². The van der Waals surface area contributed by atoms with Gasteiger partial charge >= 0.3 is 0 Å². The molecule has 0 unspecified atom stereocenters. The molecular formula is C18H26Cl2N3O4+. The maximum absolute atomic E-state index is 12.3.